The molecule has 2 saturated carbocycles. The fourth-order valence-corrected chi connectivity index (χ4v) is 5.79. The highest BCUT2D eigenvalue weighted by molar-refractivity contribution is 5.65. The first kappa shape index (κ1) is 21.4. The molecule has 4 nitrogen and oxygen atoms in total. The molecule has 2 N–H and O–H groups in total. The summed E-state index contributed by atoms with van der Waals surface area (Å²) >= 11 is 0. The molecule has 0 saturated heterocycles. The Kier molecular flexibility index (Phi) is 6.29. The van der Waals surface area contributed by atoms with Gasteiger partial charge in [0, 0.05) is 6.92 Å². The summed E-state index contributed by atoms with van der Waals surface area (Å²) in [5.74, 6) is 0.601. The number of rotatable bonds is 6. The number of aliphatic hydroxyl groups is 2. The minimum atomic E-state index is -1.27. The van der Waals surface area contributed by atoms with Crippen LogP contribution in [0.25, 0.3) is 0 Å². The lowest BCUT2D eigenvalue weighted by Crippen LogP contribution is -2.50. The van der Waals surface area contributed by atoms with Crippen molar-refractivity contribution in [3.63, 3.8) is 0 Å². The topological polar surface area (TPSA) is 66.8 Å². The lowest BCUT2D eigenvalue weighted by atomic mass is 9.47. The van der Waals surface area contributed by atoms with Crippen molar-refractivity contribution in [3.8, 4) is 0 Å². The molecule has 2 fully saturated rings. The van der Waals surface area contributed by atoms with Crippen LogP contribution in [0.2, 0.25) is 0 Å². The lowest BCUT2D eigenvalue weighted by molar-refractivity contribution is -0.152. The van der Waals surface area contributed by atoms with Crippen LogP contribution in [0.4, 0.5) is 0 Å². The van der Waals surface area contributed by atoms with Gasteiger partial charge in [0.15, 0.2) is 0 Å². The third kappa shape index (κ3) is 4.33. The highest BCUT2D eigenvalue weighted by Gasteiger charge is 2.53. The second-order valence-corrected chi connectivity index (χ2v) is 9.86. The number of aliphatic hydroxyl groups excluding tert-OH is 1. The summed E-state index contributed by atoms with van der Waals surface area (Å²) in [4.78, 5) is 11.0. The maximum Gasteiger partial charge on any atom is 0.302 e. The fraction of sp³-hybridized carbons (Fsp3) is 0.864. The van der Waals surface area contributed by atoms with E-state index < -0.39 is 17.7 Å². The summed E-state index contributed by atoms with van der Waals surface area (Å²) < 4.78 is 4.87. The molecule has 5 atom stereocenters. The summed E-state index contributed by atoms with van der Waals surface area (Å²) in [7, 11) is 0. The first-order valence-electron chi connectivity index (χ1n) is 10.1. The Labute approximate surface area is 159 Å². The van der Waals surface area contributed by atoms with E-state index in [0.29, 0.717) is 23.7 Å². The molecule has 26 heavy (non-hydrogen) atoms. The molecule has 2 rings (SSSR count). The molecule has 0 aliphatic heterocycles. The van der Waals surface area contributed by atoms with E-state index >= 15 is 0 Å². The van der Waals surface area contributed by atoms with Crippen molar-refractivity contribution in [2.45, 2.75) is 91.3 Å². The van der Waals surface area contributed by atoms with E-state index in [0.717, 1.165) is 12.8 Å². The van der Waals surface area contributed by atoms with E-state index in [9.17, 15) is 15.0 Å². The van der Waals surface area contributed by atoms with Crippen LogP contribution in [0.3, 0.4) is 0 Å². The van der Waals surface area contributed by atoms with Gasteiger partial charge in [-0.3, -0.25) is 4.79 Å². The van der Waals surface area contributed by atoms with Crippen LogP contribution in [0.15, 0.2) is 12.2 Å². The van der Waals surface area contributed by atoms with Crippen molar-refractivity contribution >= 4 is 5.97 Å². The second kappa shape index (κ2) is 7.63. The predicted molar refractivity (Wildman–Crippen MR) is 104 cm³/mol. The third-order valence-corrected chi connectivity index (χ3v) is 7.42. The largest absolute Gasteiger partial charge is 0.463 e. The molecule has 0 aromatic heterocycles. The van der Waals surface area contributed by atoms with Crippen LogP contribution in [-0.4, -0.2) is 34.5 Å². The Hall–Kier alpha value is -0.870. The Morgan fingerprint density at radius 1 is 1.38 bits per heavy atom. The quantitative estimate of drug-likeness (QED) is 0.545. The van der Waals surface area contributed by atoms with Gasteiger partial charge in [-0.1, -0.05) is 39.3 Å². The van der Waals surface area contributed by atoms with Gasteiger partial charge in [0.25, 0.3) is 0 Å². The van der Waals surface area contributed by atoms with Crippen LogP contribution < -0.4 is 0 Å². The Morgan fingerprint density at radius 3 is 2.65 bits per heavy atom. The number of carbonyl (C=O) groups excluding carboxylic acids is 1. The van der Waals surface area contributed by atoms with Gasteiger partial charge in [-0.25, -0.2) is 0 Å². The molecule has 150 valence electrons. The SMILES string of the molecule is C=C1CCC2C(C)(C)CCCC2(C)C1CCC(C)(O)C(O)COC(C)=O. The number of allylic oxidation sites excluding steroid dienone is 1. The van der Waals surface area contributed by atoms with Crippen molar-refractivity contribution in [1.82, 2.24) is 0 Å². The minimum absolute atomic E-state index is 0.166. The van der Waals surface area contributed by atoms with E-state index in [4.69, 9.17) is 4.74 Å². The van der Waals surface area contributed by atoms with Gasteiger partial charge in [0.2, 0.25) is 0 Å². The molecular weight excluding hydrogens is 328 g/mol. The van der Waals surface area contributed by atoms with E-state index in [-0.39, 0.29) is 12.0 Å². The smallest absolute Gasteiger partial charge is 0.302 e. The summed E-state index contributed by atoms with van der Waals surface area (Å²) in [5.41, 5.74) is 0.590. The van der Waals surface area contributed by atoms with Gasteiger partial charge < -0.3 is 14.9 Å². The lowest BCUT2D eigenvalue weighted by Gasteiger charge is -2.58. The Morgan fingerprint density at radius 2 is 2.04 bits per heavy atom. The monoisotopic (exact) mass is 366 g/mol. The summed E-state index contributed by atoms with van der Waals surface area (Å²) in [6.45, 7) is 14.4. The second-order valence-electron chi connectivity index (χ2n) is 9.86. The predicted octanol–water partition coefficient (Wildman–Crippen LogP) is 4.24. The molecule has 0 radical (unpaired) electrons. The molecule has 0 bridgehead atoms. The number of esters is 1. The number of hydrogen-bond acceptors (Lipinski definition) is 4. The highest BCUT2D eigenvalue weighted by atomic mass is 16.5. The molecular formula is C22H38O4. The molecule has 5 unspecified atom stereocenters. The first-order chi connectivity index (χ1) is 11.9. The molecule has 0 aromatic rings. The zero-order valence-corrected chi connectivity index (χ0v) is 17.3. The van der Waals surface area contributed by atoms with Crippen molar-refractivity contribution in [1.29, 1.82) is 0 Å². The van der Waals surface area contributed by atoms with Gasteiger partial charge in [-0.05, 0) is 68.1 Å². The van der Waals surface area contributed by atoms with Crippen molar-refractivity contribution in [2.75, 3.05) is 6.61 Å². The Balaban J connectivity index is 2.09. The maximum atomic E-state index is 11.0. The molecule has 2 aliphatic rings. The van der Waals surface area contributed by atoms with Crippen molar-refractivity contribution in [2.24, 2.45) is 22.7 Å². The van der Waals surface area contributed by atoms with Gasteiger partial charge in [-0.2, -0.15) is 0 Å². The average Bonchev–Trinajstić information content (AvgIpc) is 2.50. The fourth-order valence-electron chi connectivity index (χ4n) is 5.79. The summed E-state index contributed by atoms with van der Waals surface area (Å²) in [6, 6.07) is 0. The zero-order valence-electron chi connectivity index (χ0n) is 17.3. The molecule has 2 aliphatic carbocycles. The van der Waals surface area contributed by atoms with Crippen LogP contribution in [0.5, 0.6) is 0 Å². The van der Waals surface area contributed by atoms with Gasteiger partial charge in [0.05, 0.1) is 5.60 Å². The first-order valence-corrected chi connectivity index (χ1v) is 10.1. The molecule has 4 heteroatoms. The zero-order chi connectivity index (χ0) is 19.8. The average molecular weight is 367 g/mol. The normalized spacial score (nSPS) is 34.5. The molecule has 0 amide bonds. The molecule has 0 aromatic carbocycles. The standard InChI is InChI=1S/C22H38O4/c1-15-8-9-18-20(3,4)11-7-12-21(18,5)17(15)10-13-22(6,25)19(24)14-26-16(2)23/h17-19,24-25H,1,7-14H2,2-6H3. The van der Waals surface area contributed by atoms with E-state index in [1.807, 2.05) is 0 Å². The van der Waals surface area contributed by atoms with Gasteiger partial charge in [-0.15, -0.1) is 0 Å². The highest BCUT2D eigenvalue weighted by Crippen LogP contribution is 2.61. The number of hydrogen-bond donors (Lipinski definition) is 2. The Bertz CT molecular complexity index is 536. The number of ether oxygens (including phenoxy) is 1. The number of fused-ring (bicyclic) bond motifs is 1. The number of carbonyl (C=O) groups is 1. The van der Waals surface area contributed by atoms with Crippen LogP contribution in [0.1, 0.15) is 79.6 Å². The van der Waals surface area contributed by atoms with Crippen LogP contribution in [0, 0.1) is 22.7 Å². The summed E-state index contributed by atoms with van der Waals surface area (Å²) in [5, 5.41) is 21.0. The minimum Gasteiger partial charge on any atom is -0.463 e. The van der Waals surface area contributed by atoms with Crippen molar-refractivity contribution < 1.29 is 19.7 Å². The third-order valence-electron chi connectivity index (χ3n) is 7.42. The van der Waals surface area contributed by atoms with E-state index in [1.165, 1.54) is 38.2 Å². The van der Waals surface area contributed by atoms with Crippen LogP contribution >= 0.6 is 0 Å². The van der Waals surface area contributed by atoms with Gasteiger partial charge in [0.1, 0.15) is 12.7 Å². The van der Waals surface area contributed by atoms with E-state index in [2.05, 4.69) is 27.4 Å². The van der Waals surface area contributed by atoms with Gasteiger partial charge >= 0.3 is 5.97 Å². The molecule has 0 spiro atoms. The van der Waals surface area contributed by atoms with Crippen LogP contribution in [-0.2, 0) is 9.53 Å². The van der Waals surface area contributed by atoms with Crippen molar-refractivity contribution in [3.05, 3.63) is 12.2 Å². The maximum absolute atomic E-state index is 11.0. The summed E-state index contributed by atoms with van der Waals surface area (Å²) in [6.07, 6.45) is 6.23. The molecule has 0 heterocycles. The van der Waals surface area contributed by atoms with E-state index in [1.54, 1.807) is 6.92 Å².